The fraction of sp³-hybridized carbons (Fsp3) is 0.529. The zero-order chi connectivity index (χ0) is 24.4. The summed E-state index contributed by atoms with van der Waals surface area (Å²) in [5, 5.41) is 34.6. The second-order valence-corrected chi connectivity index (χ2v) is 6.93. The molecule has 0 saturated heterocycles. The number of aliphatic hydroxyl groups excluding tert-OH is 2. The Hall–Kier alpha value is -3.56. The normalized spacial score (nSPS) is 15.5. The van der Waals surface area contributed by atoms with Gasteiger partial charge < -0.3 is 47.7 Å². The average Bonchev–Trinajstić information content (AvgIpc) is 3.22. The lowest BCUT2D eigenvalue weighted by atomic mass is 10.1. The number of carboxylic acids is 1. The monoisotopic (exact) mass is 457 g/mol. The van der Waals surface area contributed by atoms with E-state index in [1.807, 2.05) is 5.32 Å². The average molecular weight is 457 g/mol. The van der Waals surface area contributed by atoms with Gasteiger partial charge in [-0.25, -0.2) is 9.78 Å². The Morgan fingerprint density at radius 2 is 1.72 bits per heavy atom. The van der Waals surface area contributed by atoms with E-state index in [0.29, 0.717) is 5.69 Å². The van der Waals surface area contributed by atoms with Crippen LogP contribution in [0.5, 0.6) is 0 Å². The van der Waals surface area contributed by atoms with Crippen LogP contribution in [-0.4, -0.2) is 91.8 Å². The third-order valence-corrected chi connectivity index (χ3v) is 4.23. The van der Waals surface area contributed by atoms with Gasteiger partial charge in [0.1, 0.15) is 24.2 Å². The highest BCUT2D eigenvalue weighted by Crippen LogP contribution is 2.03. The maximum absolute atomic E-state index is 12.8. The minimum atomic E-state index is -1.68. The van der Waals surface area contributed by atoms with Crippen molar-refractivity contribution in [2.45, 2.75) is 50.0 Å². The Labute approximate surface area is 181 Å². The van der Waals surface area contributed by atoms with Gasteiger partial charge in [-0.2, -0.15) is 0 Å². The van der Waals surface area contributed by atoms with Gasteiger partial charge in [-0.15, -0.1) is 0 Å². The molecule has 32 heavy (non-hydrogen) atoms. The lowest BCUT2D eigenvalue weighted by Gasteiger charge is -2.26. The van der Waals surface area contributed by atoms with Crippen molar-refractivity contribution in [1.29, 1.82) is 0 Å². The molecule has 11 N–H and O–H groups in total. The predicted octanol–water partition coefficient (Wildman–Crippen LogP) is -4.93. The molecule has 1 heterocycles. The van der Waals surface area contributed by atoms with Gasteiger partial charge in [-0.05, 0) is 6.92 Å². The van der Waals surface area contributed by atoms with Crippen LogP contribution in [0.3, 0.4) is 0 Å². The SMILES string of the molecule is CC(O)C(NC(=O)C(Cc1cnc[nH]1)NC(=O)C(N)CO)C(=O)NC(CC(N)=O)C(=O)O. The molecule has 4 amide bonds. The van der Waals surface area contributed by atoms with E-state index in [1.54, 1.807) is 0 Å². The van der Waals surface area contributed by atoms with Gasteiger partial charge in [0, 0.05) is 18.3 Å². The number of carboxylic acid groups (broad SMARTS) is 1. The number of primary amides is 1. The number of H-pyrrole nitrogens is 1. The van der Waals surface area contributed by atoms with Gasteiger partial charge in [0.25, 0.3) is 0 Å². The number of hydrogen-bond donors (Lipinski definition) is 9. The van der Waals surface area contributed by atoms with Gasteiger partial charge in [-0.3, -0.25) is 19.2 Å². The van der Waals surface area contributed by atoms with E-state index in [2.05, 4.69) is 20.6 Å². The lowest BCUT2D eigenvalue weighted by Crippen LogP contribution is -2.60. The summed E-state index contributed by atoms with van der Waals surface area (Å²) < 4.78 is 0. The zero-order valence-electron chi connectivity index (χ0n) is 17.1. The number of nitrogens with zero attached hydrogens (tertiary/aromatic N) is 1. The van der Waals surface area contributed by atoms with Crippen LogP contribution in [-0.2, 0) is 30.4 Å². The van der Waals surface area contributed by atoms with Crippen LogP contribution in [0.4, 0.5) is 0 Å². The predicted molar refractivity (Wildman–Crippen MR) is 106 cm³/mol. The molecular formula is C17H27N7O8. The summed E-state index contributed by atoms with van der Waals surface area (Å²) in [6.07, 6.45) is 0.425. The number of amides is 4. The Morgan fingerprint density at radius 3 is 2.19 bits per heavy atom. The number of rotatable bonds is 13. The molecule has 0 aliphatic rings. The summed E-state index contributed by atoms with van der Waals surface area (Å²) in [6, 6.07) is -5.92. The number of aromatic nitrogens is 2. The van der Waals surface area contributed by atoms with Gasteiger partial charge >= 0.3 is 5.97 Å². The first-order valence-corrected chi connectivity index (χ1v) is 9.40. The van der Waals surface area contributed by atoms with E-state index in [4.69, 9.17) is 21.7 Å². The number of nitrogens with two attached hydrogens (primary N) is 2. The highest BCUT2D eigenvalue weighted by atomic mass is 16.4. The maximum atomic E-state index is 12.8. The number of imidazole rings is 1. The van der Waals surface area contributed by atoms with Crippen molar-refractivity contribution in [3.05, 3.63) is 18.2 Å². The van der Waals surface area contributed by atoms with Crippen molar-refractivity contribution in [2.75, 3.05) is 6.61 Å². The zero-order valence-corrected chi connectivity index (χ0v) is 17.1. The van der Waals surface area contributed by atoms with Crippen LogP contribution in [0.1, 0.15) is 19.0 Å². The van der Waals surface area contributed by atoms with Crippen LogP contribution in [0.15, 0.2) is 12.5 Å². The molecule has 0 fully saturated rings. The highest BCUT2D eigenvalue weighted by Gasteiger charge is 2.33. The molecule has 0 aromatic carbocycles. The van der Waals surface area contributed by atoms with Crippen molar-refractivity contribution in [1.82, 2.24) is 25.9 Å². The topological polar surface area (TPSA) is 263 Å². The van der Waals surface area contributed by atoms with Crippen LogP contribution >= 0.6 is 0 Å². The third-order valence-electron chi connectivity index (χ3n) is 4.23. The number of carbonyl (C=O) groups excluding carboxylic acids is 4. The molecule has 1 aromatic heterocycles. The van der Waals surface area contributed by atoms with Crippen molar-refractivity contribution < 1.29 is 39.3 Å². The number of aliphatic hydroxyl groups is 2. The van der Waals surface area contributed by atoms with E-state index >= 15 is 0 Å². The largest absolute Gasteiger partial charge is 0.480 e. The van der Waals surface area contributed by atoms with Gasteiger partial charge in [0.2, 0.25) is 23.6 Å². The van der Waals surface area contributed by atoms with Crippen molar-refractivity contribution >= 4 is 29.6 Å². The van der Waals surface area contributed by atoms with E-state index in [-0.39, 0.29) is 6.42 Å². The minimum absolute atomic E-state index is 0.108. The van der Waals surface area contributed by atoms with E-state index < -0.39 is 72.9 Å². The number of hydrogen-bond acceptors (Lipinski definition) is 9. The van der Waals surface area contributed by atoms with Gasteiger partial charge in [0.15, 0.2) is 0 Å². The fourth-order valence-corrected chi connectivity index (χ4v) is 2.51. The van der Waals surface area contributed by atoms with Crippen molar-refractivity contribution in [3.63, 3.8) is 0 Å². The Morgan fingerprint density at radius 1 is 1.09 bits per heavy atom. The molecule has 15 heteroatoms. The molecule has 0 bridgehead atoms. The molecule has 15 nitrogen and oxygen atoms in total. The molecule has 5 atom stereocenters. The minimum Gasteiger partial charge on any atom is -0.480 e. The number of nitrogens with one attached hydrogen (secondary N) is 4. The Balaban J connectivity index is 3.00. The first-order valence-electron chi connectivity index (χ1n) is 9.40. The smallest absolute Gasteiger partial charge is 0.326 e. The molecule has 0 aliphatic heterocycles. The first-order chi connectivity index (χ1) is 15.0. The molecule has 178 valence electrons. The van der Waals surface area contributed by atoms with Crippen LogP contribution in [0, 0.1) is 0 Å². The van der Waals surface area contributed by atoms with E-state index in [9.17, 15) is 29.1 Å². The number of carbonyl (C=O) groups is 5. The van der Waals surface area contributed by atoms with E-state index in [0.717, 1.165) is 0 Å². The molecular weight excluding hydrogens is 430 g/mol. The maximum Gasteiger partial charge on any atom is 0.326 e. The molecule has 0 radical (unpaired) electrons. The molecule has 0 spiro atoms. The van der Waals surface area contributed by atoms with Crippen molar-refractivity contribution in [3.8, 4) is 0 Å². The second-order valence-electron chi connectivity index (χ2n) is 6.93. The number of aromatic amines is 1. The summed E-state index contributed by atoms with van der Waals surface area (Å²) in [4.78, 5) is 66.1. The summed E-state index contributed by atoms with van der Waals surface area (Å²) in [7, 11) is 0. The van der Waals surface area contributed by atoms with E-state index in [1.165, 1.54) is 19.4 Å². The number of aliphatic carboxylic acids is 1. The Bertz CT molecular complexity index is 814. The standard InChI is InChI=1S/C17H27N7O8/c1-7(26)13(16(30)23-11(17(31)32)3-12(19)27)24-15(29)10(2-8-4-20-6-21-8)22-14(28)9(18)5-25/h4,6-7,9-11,13,25-26H,2-3,5,18H2,1H3,(H2,19,27)(H,20,21)(H,22,28)(H,23,30)(H,24,29)(H,31,32). The summed E-state index contributed by atoms with van der Waals surface area (Å²) in [5.41, 5.74) is 10.8. The quantitative estimate of drug-likeness (QED) is 0.136. The summed E-state index contributed by atoms with van der Waals surface area (Å²) >= 11 is 0. The van der Waals surface area contributed by atoms with Gasteiger partial charge in [0.05, 0.1) is 25.5 Å². The van der Waals surface area contributed by atoms with Gasteiger partial charge in [-0.1, -0.05) is 0 Å². The molecule has 1 aromatic rings. The molecule has 0 saturated carbocycles. The first kappa shape index (κ1) is 26.5. The molecule has 1 rings (SSSR count). The van der Waals surface area contributed by atoms with Crippen LogP contribution in [0.25, 0.3) is 0 Å². The van der Waals surface area contributed by atoms with Crippen LogP contribution in [0.2, 0.25) is 0 Å². The molecule has 5 unspecified atom stereocenters. The van der Waals surface area contributed by atoms with Crippen LogP contribution < -0.4 is 27.4 Å². The van der Waals surface area contributed by atoms with Crippen molar-refractivity contribution in [2.24, 2.45) is 11.5 Å². The Kier molecular flexibility index (Phi) is 10.2. The summed E-state index contributed by atoms with van der Waals surface area (Å²) in [5.74, 6) is -5.40. The lowest BCUT2D eigenvalue weighted by molar-refractivity contribution is -0.144. The third kappa shape index (κ3) is 8.29. The highest BCUT2D eigenvalue weighted by molar-refractivity contribution is 5.95. The second kappa shape index (κ2) is 12.3. The summed E-state index contributed by atoms with van der Waals surface area (Å²) in [6.45, 7) is 0.484. The fourth-order valence-electron chi connectivity index (χ4n) is 2.51. The molecule has 0 aliphatic carbocycles.